The number of nitrogens with one attached hydrogen (secondary N) is 2. The van der Waals surface area contributed by atoms with Crippen LogP contribution in [0.1, 0.15) is 10.4 Å². The van der Waals surface area contributed by atoms with Gasteiger partial charge in [-0.2, -0.15) is 0 Å². The number of nitrogens with zero attached hydrogens (tertiary/aromatic N) is 1. The van der Waals surface area contributed by atoms with E-state index < -0.39 is 17.5 Å². The quantitative estimate of drug-likeness (QED) is 0.600. The van der Waals surface area contributed by atoms with Crippen molar-refractivity contribution in [1.82, 2.24) is 4.98 Å². The number of benzene rings is 2. The van der Waals surface area contributed by atoms with Gasteiger partial charge in [0, 0.05) is 12.3 Å². The van der Waals surface area contributed by atoms with Crippen LogP contribution in [-0.4, -0.2) is 10.9 Å². The second kappa shape index (κ2) is 7.68. The van der Waals surface area contributed by atoms with Crippen LogP contribution in [0.3, 0.4) is 0 Å². The van der Waals surface area contributed by atoms with Crippen molar-refractivity contribution in [2.75, 3.05) is 10.6 Å². The number of hydrogen-bond donors (Lipinski definition) is 2. The summed E-state index contributed by atoms with van der Waals surface area (Å²) in [6.45, 7) is 0. The van der Waals surface area contributed by atoms with Gasteiger partial charge in [-0.15, -0.1) is 0 Å². The van der Waals surface area contributed by atoms with Crippen LogP contribution in [0, 0.1) is 11.6 Å². The van der Waals surface area contributed by atoms with Crippen LogP contribution in [0.2, 0.25) is 10.0 Å². The predicted molar refractivity (Wildman–Crippen MR) is 98.3 cm³/mol. The van der Waals surface area contributed by atoms with Crippen LogP contribution < -0.4 is 10.6 Å². The zero-order chi connectivity index (χ0) is 18.7. The van der Waals surface area contributed by atoms with E-state index in [1.165, 1.54) is 24.5 Å². The summed E-state index contributed by atoms with van der Waals surface area (Å²) < 4.78 is 26.7. The van der Waals surface area contributed by atoms with Crippen molar-refractivity contribution < 1.29 is 13.6 Å². The van der Waals surface area contributed by atoms with Crippen LogP contribution in [0.25, 0.3) is 0 Å². The van der Waals surface area contributed by atoms with E-state index in [2.05, 4.69) is 15.6 Å². The Labute approximate surface area is 157 Å². The van der Waals surface area contributed by atoms with E-state index in [1.54, 1.807) is 18.2 Å². The van der Waals surface area contributed by atoms with Gasteiger partial charge >= 0.3 is 0 Å². The SMILES string of the molecule is O=C(Nc1cccc(Cl)c1Cl)c1cncc(Nc2ccc(F)cc2F)c1. The van der Waals surface area contributed by atoms with Crippen LogP contribution in [0.15, 0.2) is 54.9 Å². The Hall–Kier alpha value is -2.70. The predicted octanol–water partition coefficient (Wildman–Crippen LogP) is 5.66. The minimum Gasteiger partial charge on any atom is -0.352 e. The highest BCUT2D eigenvalue weighted by molar-refractivity contribution is 6.44. The number of aromatic nitrogens is 1. The molecular formula is C18H11Cl2F2N3O. The molecule has 8 heteroatoms. The van der Waals surface area contributed by atoms with Crippen molar-refractivity contribution in [1.29, 1.82) is 0 Å². The second-order valence-electron chi connectivity index (χ2n) is 5.27. The average molecular weight is 394 g/mol. The Morgan fingerprint density at radius 2 is 1.81 bits per heavy atom. The summed E-state index contributed by atoms with van der Waals surface area (Å²) in [5, 5.41) is 5.91. The van der Waals surface area contributed by atoms with Crippen LogP contribution in [-0.2, 0) is 0 Å². The highest BCUT2D eigenvalue weighted by atomic mass is 35.5. The first kappa shape index (κ1) is 18.1. The van der Waals surface area contributed by atoms with Crippen molar-refractivity contribution >= 4 is 46.2 Å². The molecule has 1 heterocycles. The van der Waals surface area contributed by atoms with E-state index in [0.717, 1.165) is 12.1 Å². The average Bonchev–Trinajstić information content (AvgIpc) is 2.61. The number of carbonyl (C=O) groups excluding carboxylic acids is 1. The zero-order valence-electron chi connectivity index (χ0n) is 13.1. The van der Waals surface area contributed by atoms with Gasteiger partial charge in [-0.3, -0.25) is 9.78 Å². The van der Waals surface area contributed by atoms with Gasteiger partial charge in [0.25, 0.3) is 5.91 Å². The molecule has 1 aromatic heterocycles. The highest BCUT2D eigenvalue weighted by Crippen LogP contribution is 2.30. The molecule has 3 aromatic rings. The fourth-order valence-corrected chi connectivity index (χ4v) is 2.52. The van der Waals surface area contributed by atoms with E-state index in [0.29, 0.717) is 16.4 Å². The maximum Gasteiger partial charge on any atom is 0.257 e. The lowest BCUT2D eigenvalue weighted by molar-refractivity contribution is 0.102. The Morgan fingerprint density at radius 1 is 1.00 bits per heavy atom. The molecule has 0 aliphatic heterocycles. The molecule has 0 radical (unpaired) electrons. The fourth-order valence-electron chi connectivity index (χ4n) is 2.17. The largest absolute Gasteiger partial charge is 0.352 e. The highest BCUT2D eigenvalue weighted by Gasteiger charge is 2.12. The smallest absolute Gasteiger partial charge is 0.257 e. The van der Waals surface area contributed by atoms with Gasteiger partial charge in [0.05, 0.1) is 38.9 Å². The molecule has 26 heavy (non-hydrogen) atoms. The van der Waals surface area contributed by atoms with Crippen molar-refractivity contribution in [3.05, 3.63) is 82.1 Å². The summed E-state index contributed by atoms with van der Waals surface area (Å²) in [5.74, 6) is -1.91. The molecule has 4 nitrogen and oxygen atoms in total. The first-order valence-corrected chi connectivity index (χ1v) is 8.12. The third-order valence-corrected chi connectivity index (χ3v) is 4.23. The van der Waals surface area contributed by atoms with Gasteiger partial charge in [-0.1, -0.05) is 29.3 Å². The molecule has 0 aliphatic rings. The van der Waals surface area contributed by atoms with Crippen molar-refractivity contribution in [3.63, 3.8) is 0 Å². The number of anilines is 3. The van der Waals surface area contributed by atoms with Gasteiger partial charge in [0.1, 0.15) is 11.6 Å². The molecule has 0 unspecified atom stereocenters. The lowest BCUT2D eigenvalue weighted by Gasteiger charge is -2.10. The molecule has 0 fully saturated rings. The maximum absolute atomic E-state index is 13.7. The minimum atomic E-state index is -0.759. The number of pyridine rings is 1. The van der Waals surface area contributed by atoms with E-state index in [1.807, 2.05) is 0 Å². The number of rotatable bonds is 4. The van der Waals surface area contributed by atoms with E-state index >= 15 is 0 Å². The van der Waals surface area contributed by atoms with E-state index in [-0.39, 0.29) is 16.3 Å². The number of halogens is 4. The van der Waals surface area contributed by atoms with E-state index in [9.17, 15) is 13.6 Å². The Bertz CT molecular complexity index is 982. The Kier molecular flexibility index (Phi) is 5.35. The first-order valence-electron chi connectivity index (χ1n) is 7.36. The van der Waals surface area contributed by atoms with Crippen LogP contribution in [0.5, 0.6) is 0 Å². The number of hydrogen-bond acceptors (Lipinski definition) is 3. The molecule has 0 atom stereocenters. The molecule has 0 spiro atoms. The van der Waals surface area contributed by atoms with Gasteiger partial charge in [0.2, 0.25) is 0 Å². The summed E-state index contributed by atoms with van der Waals surface area (Å²) in [5.41, 5.74) is 0.990. The van der Waals surface area contributed by atoms with Crippen molar-refractivity contribution in [2.24, 2.45) is 0 Å². The van der Waals surface area contributed by atoms with E-state index in [4.69, 9.17) is 23.2 Å². The van der Waals surface area contributed by atoms with Gasteiger partial charge < -0.3 is 10.6 Å². The lowest BCUT2D eigenvalue weighted by atomic mass is 10.2. The third kappa shape index (κ3) is 4.09. The summed E-state index contributed by atoms with van der Waals surface area (Å²) in [4.78, 5) is 16.3. The fraction of sp³-hybridized carbons (Fsp3) is 0. The number of carbonyl (C=O) groups is 1. The lowest BCUT2D eigenvalue weighted by Crippen LogP contribution is -2.13. The summed E-state index contributed by atoms with van der Waals surface area (Å²) in [6.07, 6.45) is 2.76. The minimum absolute atomic E-state index is 0.0589. The van der Waals surface area contributed by atoms with Crippen LogP contribution in [0.4, 0.5) is 25.8 Å². The van der Waals surface area contributed by atoms with Gasteiger partial charge in [-0.05, 0) is 30.3 Å². The molecule has 0 aliphatic carbocycles. The van der Waals surface area contributed by atoms with Crippen molar-refractivity contribution in [2.45, 2.75) is 0 Å². The molecule has 3 rings (SSSR count). The summed E-state index contributed by atoms with van der Waals surface area (Å²) in [6, 6.07) is 9.46. The maximum atomic E-state index is 13.7. The topological polar surface area (TPSA) is 54.0 Å². The second-order valence-corrected chi connectivity index (χ2v) is 6.05. The monoisotopic (exact) mass is 393 g/mol. The van der Waals surface area contributed by atoms with Gasteiger partial charge in [-0.25, -0.2) is 8.78 Å². The first-order chi connectivity index (χ1) is 12.4. The Balaban J connectivity index is 1.80. The standard InChI is InChI=1S/C18H11Cl2F2N3O/c19-13-2-1-3-16(17(13)20)25-18(26)10-6-12(9-23-8-10)24-15-5-4-11(21)7-14(15)22/h1-9,24H,(H,25,26). The summed E-state index contributed by atoms with van der Waals surface area (Å²) >= 11 is 12.0. The molecule has 132 valence electrons. The summed E-state index contributed by atoms with van der Waals surface area (Å²) in [7, 11) is 0. The third-order valence-electron chi connectivity index (χ3n) is 3.41. The Morgan fingerprint density at radius 3 is 2.58 bits per heavy atom. The molecule has 0 saturated carbocycles. The van der Waals surface area contributed by atoms with Crippen LogP contribution >= 0.6 is 23.2 Å². The molecular weight excluding hydrogens is 383 g/mol. The molecule has 0 bridgehead atoms. The molecule has 2 N–H and O–H groups in total. The molecule has 0 saturated heterocycles. The van der Waals surface area contributed by atoms with Gasteiger partial charge in [0.15, 0.2) is 0 Å². The zero-order valence-corrected chi connectivity index (χ0v) is 14.6. The van der Waals surface area contributed by atoms with Crippen molar-refractivity contribution in [3.8, 4) is 0 Å². The molecule has 1 amide bonds. The normalized spacial score (nSPS) is 10.5. The number of amides is 1. The molecule has 2 aromatic carbocycles.